The van der Waals surface area contributed by atoms with E-state index in [1.54, 1.807) is 11.8 Å². The molecule has 0 radical (unpaired) electrons. The third-order valence-corrected chi connectivity index (χ3v) is 8.59. The van der Waals surface area contributed by atoms with Gasteiger partial charge in [0, 0.05) is 17.0 Å². The second kappa shape index (κ2) is 11.9. The number of carbonyl (C=O) groups is 1. The Morgan fingerprint density at radius 2 is 1.54 bits per heavy atom. The summed E-state index contributed by atoms with van der Waals surface area (Å²) in [6.07, 6.45) is 4.04. The fourth-order valence-corrected chi connectivity index (χ4v) is 6.92. The molecule has 28 heavy (non-hydrogen) atoms. The molecule has 0 aliphatic carbocycles. The SMILES string of the molecule is CCCCS/C(=C\P(=O)(c1ccccc1)c1ccccc1)CCCC(=O)OC. The van der Waals surface area contributed by atoms with Crippen LogP contribution in [0.15, 0.2) is 71.4 Å². The zero-order valence-electron chi connectivity index (χ0n) is 16.7. The van der Waals surface area contributed by atoms with Crippen molar-refractivity contribution >= 4 is 35.5 Å². The lowest BCUT2D eigenvalue weighted by Gasteiger charge is -2.18. The summed E-state index contributed by atoms with van der Waals surface area (Å²) in [4.78, 5) is 12.6. The number of ether oxygens (including phenoxy) is 1. The summed E-state index contributed by atoms with van der Waals surface area (Å²) in [5.74, 6) is 2.76. The minimum Gasteiger partial charge on any atom is -0.469 e. The van der Waals surface area contributed by atoms with Gasteiger partial charge in [0.2, 0.25) is 0 Å². The van der Waals surface area contributed by atoms with Gasteiger partial charge >= 0.3 is 5.97 Å². The summed E-state index contributed by atoms with van der Waals surface area (Å²) >= 11 is 1.76. The van der Waals surface area contributed by atoms with E-state index in [1.165, 1.54) is 7.11 Å². The number of carbonyl (C=O) groups excluding carboxylic acids is 1. The van der Waals surface area contributed by atoms with E-state index in [0.29, 0.717) is 12.8 Å². The van der Waals surface area contributed by atoms with Gasteiger partial charge in [-0.2, -0.15) is 0 Å². The summed E-state index contributed by atoms with van der Waals surface area (Å²) < 4.78 is 19.0. The Morgan fingerprint density at radius 1 is 0.964 bits per heavy atom. The molecular formula is C23H29O3PS. The Labute approximate surface area is 173 Å². The third kappa shape index (κ3) is 6.68. The van der Waals surface area contributed by atoms with Gasteiger partial charge in [0.25, 0.3) is 0 Å². The average Bonchev–Trinajstić information content (AvgIpc) is 2.74. The molecule has 0 N–H and O–H groups in total. The molecule has 0 bridgehead atoms. The van der Waals surface area contributed by atoms with E-state index in [0.717, 1.165) is 40.5 Å². The van der Waals surface area contributed by atoms with Crippen LogP contribution in [0.3, 0.4) is 0 Å². The molecule has 0 saturated carbocycles. The van der Waals surface area contributed by atoms with Gasteiger partial charge in [-0.3, -0.25) is 4.79 Å². The molecule has 0 spiro atoms. The number of esters is 1. The Bertz CT molecular complexity index is 760. The lowest BCUT2D eigenvalue weighted by Crippen LogP contribution is -2.14. The van der Waals surface area contributed by atoms with Gasteiger partial charge in [0.15, 0.2) is 7.14 Å². The van der Waals surface area contributed by atoms with Gasteiger partial charge in [0.05, 0.1) is 7.11 Å². The Kier molecular flexibility index (Phi) is 9.60. The molecule has 0 aromatic heterocycles. The maximum absolute atomic E-state index is 14.2. The van der Waals surface area contributed by atoms with Crippen LogP contribution in [-0.4, -0.2) is 18.8 Å². The first kappa shape index (κ1) is 22.5. The summed E-state index contributed by atoms with van der Waals surface area (Å²) in [6, 6.07) is 19.4. The second-order valence-electron chi connectivity index (χ2n) is 6.56. The van der Waals surface area contributed by atoms with Crippen LogP contribution in [0.25, 0.3) is 0 Å². The van der Waals surface area contributed by atoms with Crippen LogP contribution in [-0.2, 0) is 14.1 Å². The normalized spacial score (nSPS) is 12.0. The largest absolute Gasteiger partial charge is 0.469 e. The number of hydrogen-bond donors (Lipinski definition) is 0. The quantitative estimate of drug-likeness (QED) is 0.267. The summed E-state index contributed by atoms with van der Waals surface area (Å²) in [5, 5.41) is 1.67. The maximum Gasteiger partial charge on any atom is 0.305 e. The molecule has 5 heteroatoms. The van der Waals surface area contributed by atoms with E-state index in [-0.39, 0.29) is 5.97 Å². The smallest absolute Gasteiger partial charge is 0.305 e. The Hall–Kier alpha value is -1.77. The van der Waals surface area contributed by atoms with Gasteiger partial charge in [-0.05, 0) is 35.7 Å². The van der Waals surface area contributed by atoms with Crippen molar-refractivity contribution in [2.75, 3.05) is 12.9 Å². The van der Waals surface area contributed by atoms with E-state index < -0.39 is 7.14 Å². The van der Waals surface area contributed by atoms with Crippen molar-refractivity contribution in [3.8, 4) is 0 Å². The number of benzene rings is 2. The number of rotatable bonds is 11. The molecule has 2 aromatic carbocycles. The zero-order valence-corrected chi connectivity index (χ0v) is 18.4. The van der Waals surface area contributed by atoms with Crippen LogP contribution in [0.2, 0.25) is 0 Å². The van der Waals surface area contributed by atoms with Crippen molar-refractivity contribution in [3.05, 3.63) is 71.4 Å². The standard InChI is InChI=1S/C23H29O3PS/c1-3-4-18-28-22(16-11-17-23(24)26-2)19-27(25,20-12-7-5-8-13-20)21-14-9-6-10-15-21/h5-10,12-15,19H,3-4,11,16-18H2,1-2H3/b22-19-. The topological polar surface area (TPSA) is 43.4 Å². The minimum atomic E-state index is -2.90. The van der Waals surface area contributed by atoms with Gasteiger partial charge in [0.1, 0.15) is 0 Å². The fraction of sp³-hybridized carbons (Fsp3) is 0.348. The van der Waals surface area contributed by atoms with Crippen LogP contribution in [0.1, 0.15) is 39.0 Å². The number of methoxy groups -OCH3 is 1. The van der Waals surface area contributed by atoms with Gasteiger partial charge in [-0.1, -0.05) is 74.0 Å². The van der Waals surface area contributed by atoms with Gasteiger partial charge < -0.3 is 9.30 Å². The van der Waals surface area contributed by atoms with Crippen LogP contribution >= 0.6 is 18.9 Å². The van der Waals surface area contributed by atoms with Crippen molar-refractivity contribution in [1.29, 1.82) is 0 Å². The molecule has 0 saturated heterocycles. The minimum absolute atomic E-state index is 0.202. The predicted molar refractivity (Wildman–Crippen MR) is 121 cm³/mol. The highest BCUT2D eigenvalue weighted by Crippen LogP contribution is 2.48. The van der Waals surface area contributed by atoms with Crippen LogP contribution in [0.5, 0.6) is 0 Å². The van der Waals surface area contributed by atoms with Crippen LogP contribution in [0.4, 0.5) is 0 Å². The maximum atomic E-state index is 14.2. The van der Waals surface area contributed by atoms with Crippen molar-refractivity contribution in [1.82, 2.24) is 0 Å². The van der Waals surface area contributed by atoms with Crippen molar-refractivity contribution in [3.63, 3.8) is 0 Å². The number of thioether (sulfide) groups is 1. The van der Waals surface area contributed by atoms with Crippen LogP contribution in [0, 0.1) is 0 Å². The number of unbranched alkanes of at least 4 members (excludes halogenated alkanes) is 1. The molecule has 0 amide bonds. The van der Waals surface area contributed by atoms with E-state index in [9.17, 15) is 9.36 Å². The van der Waals surface area contributed by atoms with Crippen molar-refractivity contribution < 1.29 is 14.1 Å². The molecule has 2 aromatic rings. The Morgan fingerprint density at radius 3 is 2.04 bits per heavy atom. The highest BCUT2D eigenvalue weighted by molar-refractivity contribution is 8.03. The molecule has 0 atom stereocenters. The lowest BCUT2D eigenvalue weighted by atomic mass is 10.2. The molecule has 2 rings (SSSR count). The molecule has 0 unspecified atom stereocenters. The number of allylic oxidation sites excluding steroid dienone is 1. The first-order valence-corrected chi connectivity index (χ1v) is 12.5. The molecule has 0 heterocycles. The summed E-state index contributed by atoms with van der Waals surface area (Å²) in [6.45, 7) is 2.17. The third-order valence-electron chi connectivity index (χ3n) is 4.42. The highest BCUT2D eigenvalue weighted by Gasteiger charge is 2.25. The van der Waals surface area contributed by atoms with E-state index in [2.05, 4.69) is 6.92 Å². The molecule has 0 aliphatic rings. The zero-order chi connectivity index (χ0) is 20.2. The average molecular weight is 417 g/mol. The second-order valence-corrected chi connectivity index (χ2v) is 10.4. The molecule has 150 valence electrons. The first-order chi connectivity index (χ1) is 13.6. The van der Waals surface area contributed by atoms with E-state index in [1.807, 2.05) is 66.5 Å². The summed E-state index contributed by atoms with van der Waals surface area (Å²) in [5.41, 5.74) is 0. The molecule has 3 nitrogen and oxygen atoms in total. The molecule has 0 aliphatic heterocycles. The van der Waals surface area contributed by atoms with Crippen molar-refractivity contribution in [2.24, 2.45) is 0 Å². The Balaban J connectivity index is 2.37. The predicted octanol–water partition coefficient (Wildman–Crippen LogP) is 5.72. The lowest BCUT2D eigenvalue weighted by molar-refractivity contribution is -0.140. The monoisotopic (exact) mass is 416 g/mol. The summed E-state index contributed by atoms with van der Waals surface area (Å²) in [7, 11) is -1.49. The highest BCUT2D eigenvalue weighted by atomic mass is 32.2. The fourth-order valence-electron chi connectivity index (χ4n) is 2.83. The van der Waals surface area contributed by atoms with Gasteiger partial charge in [-0.25, -0.2) is 0 Å². The van der Waals surface area contributed by atoms with Gasteiger partial charge in [-0.15, -0.1) is 11.8 Å². The first-order valence-electron chi connectivity index (χ1n) is 9.72. The molecular weight excluding hydrogens is 387 g/mol. The number of hydrogen-bond acceptors (Lipinski definition) is 4. The van der Waals surface area contributed by atoms with Crippen LogP contribution < -0.4 is 10.6 Å². The molecule has 0 fully saturated rings. The van der Waals surface area contributed by atoms with E-state index in [4.69, 9.17) is 4.74 Å². The van der Waals surface area contributed by atoms with Crippen molar-refractivity contribution in [2.45, 2.75) is 39.0 Å². The van der Waals surface area contributed by atoms with E-state index >= 15 is 0 Å².